The van der Waals surface area contributed by atoms with E-state index in [0.717, 1.165) is 60.5 Å². The van der Waals surface area contributed by atoms with Gasteiger partial charge in [0.25, 0.3) is 0 Å². The molecule has 1 aromatic carbocycles. The van der Waals surface area contributed by atoms with Crippen LogP contribution in [0.15, 0.2) is 61.1 Å². The van der Waals surface area contributed by atoms with Crippen LogP contribution in [-0.4, -0.2) is 50.7 Å². The summed E-state index contributed by atoms with van der Waals surface area (Å²) in [5.74, 6) is 3.77. The van der Waals surface area contributed by atoms with Crippen molar-refractivity contribution in [1.29, 1.82) is 0 Å². The Hall–Kier alpha value is -3.48. The first-order valence-corrected chi connectivity index (χ1v) is 9.47. The molecule has 0 aliphatic carbocycles. The van der Waals surface area contributed by atoms with E-state index < -0.39 is 0 Å². The predicted molar refractivity (Wildman–Crippen MR) is 110 cm³/mol. The molecule has 4 aromatic rings. The monoisotopic (exact) mass is 371 g/mol. The molecule has 7 heteroatoms. The first-order chi connectivity index (χ1) is 13.8. The average molecular weight is 371 g/mol. The summed E-state index contributed by atoms with van der Waals surface area (Å²) in [5.41, 5.74) is 1.87. The van der Waals surface area contributed by atoms with Gasteiger partial charge in [-0.3, -0.25) is 9.55 Å². The maximum absolute atomic E-state index is 4.84. The lowest BCUT2D eigenvalue weighted by Gasteiger charge is -2.36. The van der Waals surface area contributed by atoms with Crippen LogP contribution >= 0.6 is 0 Å². The number of aromatic nitrogens is 5. The van der Waals surface area contributed by atoms with Gasteiger partial charge < -0.3 is 9.80 Å². The number of hydrogen-bond acceptors (Lipinski definition) is 6. The van der Waals surface area contributed by atoms with Gasteiger partial charge in [-0.05, 0) is 31.2 Å². The third-order valence-corrected chi connectivity index (χ3v) is 5.16. The fourth-order valence-corrected chi connectivity index (χ4v) is 3.61. The molecule has 0 bridgehead atoms. The summed E-state index contributed by atoms with van der Waals surface area (Å²) in [6.07, 6.45) is 5.61. The summed E-state index contributed by atoms with van der Waals surface area (Å²) in [4.78, 5) is 23.1. The summed E-state index contributed by atoms with van der Waals surface area (Å²) in [7, 11) is 0. The van der Waals surface area contributed by atoms with Crippen molar-refractivity contribution < 1.29 is 0 Å². The van der Waals surface area contributed by atoms with Gasteiger partial charge in [-0.15, -0.1) is 0 Å². The number of para-hydroxylation sites is 2. The van der Waals surface area contributed by atoms with E-state index in [1.807, 2.05) is 54.2 Å². The summed E-state index contributed by atoms with van der Waals surface area (Å²) in [5, 5.41) is 0. The zero-order valence-electron chi connectivity index (χ0n) is 15.7. The third-order valence-electron chi connectivity index (χ3n) is 5.16. The Morgan fingerprint density at radius 3 is 2.18 bits per heavy atom. The number of nitrogens with zero attached hydrogens (tertiary/aromatic N) is 7. The quantitative estimate of drug-likeness (QED) is 0.552. The van der Waals surface area contributed by atoms with Crippen molar-refractivity contribution in [2.45, 2.75) is 6.92 Å². The van der Waals surface area contributed by atoms with Gasteiger partial charge >= 0.3 is 0 Å². The molecule has 1 saturated heterocycles. The second-order valence-corrected chi connectivity index (χ2v) is 6.89. The molecule has 1 aliphatic rings. The molecule has 28 heavy (non-hydrogen) atoms. The molecular formula is C21H21N7. The molecule has 1 fully saturated rings. The number of imidazole rings is 1. The van der Waals surface area contributed by atoms with Crippen LogP contribution in [0.3, 0.4) is 0 Å². The first-order valence-electron chi connectivity index (χ1n) is 9.47. The lowest BCUT2D eigenvalue weighted by molar-refractivity contribution is 0.641. The lowest BCUT2D eigenvalue weighted by atomic mass is 10.3. The predicted octanol–water partition coefficient (Wildman–Crippen LogP) is 2.85. The Bertz CT molecular complexity index is 1110. The topological polar surface area (TPSA) is 63.0 Å². The Labute approximate surface area is 163 Å². The fraction of sp³-hybridized carbons (Fsp3) is 0.238. The molecule has 0 amide bonds. The average Bonchev–Trinajstić information content (AvgIpc) is 3.19. The van der Waals surface area contributed by atoms with Gasteiger partial charge in [0.1, 0.15) is 23.3 Å². The number of benzene rings is 1. The Morgan fingerprint density at radius 1 is 0.714 bits per heavy atom. The van der Waals surface area contributed by atoms with Gasteiger partial charge in [0.15, 0.2) is 0 Å². The van der Waals surface area contributed by atoms with Gasteiger partial charge in [0, 0.05) is 38.6 Å². The smallest absolute Gasteiger partial charge is 0.147 e. The Kier molecular flexibility index (Phi) is 4.12. The van der Waals surface area contributed by atoms with Crippen LogP contribution in [0.4, 0.5) is 11.6 Å². The number of rotatable bonds is 3. The van der Waals surface area contributed by atoms with Crippen molar-refractivity contribution >= 4 is 22.7 Å². The summed E-state index contributed by atoms with van der Waals surface area (Å²) < 4.78 is 2.00. The van der Waals surface area contributed by atoms with Crippen LogP contribution in [0.1, 0.15) is 5.82 Å². The molecule has 1 aliphatic heterocycles. The van der Waals surface area contributed by atoms with Gasteiger partial charge in [0.2, 0.25) is 0 Å². The van der Waals surface area contributed by atoms with Gasteiger partial charge in [-0.1, -0.05) is 18.2 Å². The zero-order valence-corrected chi connectivity index (χ0v) is 15.7. The van der Waals surface area contributed by atoms with Crippen LogP contribution in [0, 0.1) is 6.92 Å². The Balaban J connectivity index is 1.32. The highest BCUT2D eigenvalue weighted by Crippen LogP contribution is 2.20. The van der Waals surface area contributed by atoms with Crippen molar-refractivity contribution in [3.05, 3.63) is 66.9 Å². The van der Waals surface area contributed by atoms with Crippen molar-refractivity contribution in [2.24, 2.45) is 0 Å². The molecule has 140 valence electrons. The number of fused-ring (bicyclic) bond motifs is 1. The molecule has 0 radical (unpaired) electrons. The standard InChI is InChI=1S/C21H21N7/c1-16-22-9-10-28(16)20-8-4-7-19(25-20)26-11-13-27(14-12-26)21-15-23-17-5-2-3-6-18(17)24-21/h2-10,15H,11-14H2,1H3. The molecule has 0 atom stereocenters. The fourth-order valence-electron chi connectivity index (χ4n) is 3.61. The first kappa shape index (κ1) is 16.7. The van der Waals surface area contributed by atoms with Gasteiger partial charge in [-0.2, -0.15) is 0 Å². The molecule has 0 unspecified atom stereocenters. The third kappa shape index (κ3) is 3.05. The number of piperazine rings is 1. The van der Waals surface area contributed by atoms with E-state index in [4.69, 9.17) is 9.97 Å². The molecule has 7 nitrogen and oxygen atoms in total. The van der Waals surface area contributed by atoms with E-state index in [1.54, 1.807) is 6.20 Å². The second-order valence-electron chi connectivity index (χ2n) is 6.89. The number of aryl methyl sites for hydroxylation is 1. The molecule has 3 aromatic heterocycles. The van der Waals surface area contributed by atoms with E-state index in [1.165, 1.54) is 0 Å². The second kappa shape index (κ2) is 6.92. The maximum atomic E-state index is 4.84. The van der Waals surface area contributed by atoms with Crippen LogP contribution < -0.4 is 9.80 Å². The Morgan fingerprint density at radius 2 is 1.43 bits per heavy atom. The van der Waals surface area contributed by atoms with Crippen LogP contribution in [-0.2, 0) is 0 Å². The van der Waals surface area contributed by atoms with E-state index >= 15 is 0 Å². The number of anilines is 2. The van der Waals surface area contributed by atoms with E-state index in [-0.39, 0.29) is 0 Å². The molecule has 0 spiro atoms. The minimum atomic E-state index is 0.892. The summed E-state index contributed by atoms with van der Waals surface area (Å²) in [6.45, 7) is 5.56. The highest BCUT2D eigenvalue weighted by Gasteiger charge is 2.20. The largest absolute Gasteiger partial charge is 0.353 e. The van der Waals surface area contributed by atoms with Crippen molar-refractivity contribution in [3.8, 4) is 5.82 Å². The number of hydrogen-bond donors (Lipinski definition) is 0. The molecule has 5 rings (SSSR count). The maximum Gasteiger partial charge on any atom is 0.147 e. The highest BCUT2D eigenvalue weighted by atomic mass is 15.3. The van der Waals surface area contributed by atoms with Gasteiger partial charge in [-0.25, -0.2) is 15.0 Å². The lowest BCUT2D eigenvalue weighted by Crippen LogP contribution is -2.47. The normalized spacial score (nSPS) is 14.6. The highest BCUT2D eigenvalue weighted by molar-refractivity contribution is 5.75. The van der Waals surface area contributed by atoms with Crippen molar-refractivity contribution in [1.82, 2.24) is 24.5 Å². The SMILES string of the molecule is Cc1nccn1-c1cccc(N2CCN(c3cnc4ccccc4n3)CC2)n1. The van der Waals surface area contributed by atoms with Crippen LogP contribution in [0.2, 0.25) is 0 Å². The minimum Gasteiger partial charge on any atom is -0.353 e. The van der Waals surface area contributed by atoms with Gasteiger partial charge in [0.05, 0.1) is 17.2 Å². The van der Waals surface area contributed by atoms with Crippen LogP contribution in [0.25, 0.3) is 16.9 Å². The van der Waals surface area contributed by atoms with E-state index in [2.05, 4.69) is 31.9 Å². The molecule has 0 saturated carbocycles. The summed E-state index contributed by atoms with van der Waals surface area (Å²) in [6, 6.07) is 14.1. The summed E-state index contributed by atoms with van der Waals surface area (Å²) >= 11 is 0. The number of pyridine rings is 1. The molecular weight excluding hydrogens is 350 g/mol. The molecule has 0 N–H and O–H groups in total. The minimum absolute atomic E-state index is 0.892. The van der Waals surface area contributed by atoms with E-state index in [0.29, 0.717) is 0 Å². The molecule has 4 heterocycles. The van der Waals surface area contributed by atoms with Crippen molar-refractivity contribution in [2.75, 3.05) is 36.0 Å². The van der Waals surface area contributed by atoms with Crippen molar-refractivity contribution in [3.63, 3.8) is 0 Å². The zero-order chi connectivity index (χ0) is 18.9. The van der Waals surface area contributed by atoms with Crippen LogP contribution in [0.5, 0.6) is 0 Å². The van der Waals surface area contributed by atoms with E-state index in [9.17, 15) is 0 Å².